The zero-order valence-corrected chi connectivity index (χ0v) is 15.4. The summed E-state index contributed by atoms with van der Waals surface area (Å²) in [6, 6.07) is 25.1. The Morgan fingerprint density at radius 1 is 0.923 bits per heavy atom. The summed E-state index contributed by atoms with van der Waals surface area (Å²) in [7, 11) is 0. The van der Waals surface area contributed by atoms with Crippen molar-refractivity contribution >= 4 is 33.7 Å². The van der Waals surface area contributed by atoms with Gasteiger partial charge in [0.15, 0.2) is 6.17 Å². The van der Waals surface area contributed by atoms with Crippen LogP contribution in [0.25, 0.3) is 0 Å². The molecular weight excluding hydrogens is 390 g/mol. The van der Waals surface area contributed by atoms with Gasteiger partial charge in [-0.25, -0.2) is 5.01 Å². The van der Waals surface area contributed by atoms with Crippen LogP contribution in [0.5, 0.6) is 0 Å². The van der Waals surface area contributed by atoms with E-state index in [4.69, 9.17) is 0 Å². The number of anilines is 1. The first-order valence-corrected chi connectivity index (χ1v) is 9.06. The highest BCUT2D eigenvalue weighted by molar-refractivity contribution is 9.10. The molecule has 1 unspecified atom stereocenters. The molecule has 3 aromatic carbocycles. The summed E-state index contributed by atoms with van der Waals surface area (Å²) in [5.41, 5.74) is 3.31. The molecule has 0 aliphatic carbocycles. The smallest absolute Gasteiger partial charge is 0.278 e. The molecular formula is C21H16BrN3O. The van der Waals surface area contributed by atoms with E-state index in [0.29, 0.717) is 5.56 Å². The van der Waals surface area contributed by atoms with Crippen LogP contribution in [0.3, 0.4) is 0 Å². The Bertz CT molecular complexity index is 972. The summed E-state index contributed by atoms with van der Waals surface area (Å²) in [5, 5.41) is 9.44. The van der Waals surface area contributed by atoms with E-state index in [1.165, 1.54) is 5.01 Å². The highest BCUT2D eigenvalue weighted by Crippen LogP contribution is 2.33. The van der Waals surface area contributed by atoms with E-state index in [-0.39, 0.29) is 12.1 Å². The molecule has 1 atom stereocenters. The highest BCUT2D eigenvalue weighted by Gasteiger charge is 2.32. The summed E-state index contributed by atoms with van der Waals surface area (Å²) in [6.07, 6.45) is 1.34. The molecule has 1 N–H and O–H groups in total. The molecule has 5 heteroatoms. The summed E-state index contributed by atoms with van der Waals surface area (Å²) in [5.74, 6) is -0.128. The first-order chi connectivity index (χ1) is 12.7. The second kappa shape index (κ2) is 7.14. The van der Waals surface area contributed by atoms with Gasteiger partial charge in [-0.05, 0) is 23.8 Å². The van der Waals surface area contributed by atoms with Crippen LogP contribution >= 0.6 is 15.9 Å². The molecule has 3 aromatic rings. The molecule has 26 heavy (non-hydrogen) atoms. The minimum Gasteiger partial charge on any atom is -0.359 e. The molecule has 1 heterocycles. The van der Waals surface area contributed by atoms with Gasteiger partial charge >= 0.3 is 0 Å². The van der Waals surface area contributed by atoms with E-state index >= 15 is 0 Å². The van der Waals surface area contributed by atoms with Crippen LogP contribution < -0.4 is 5.32 Å². The Labute approximate surface area is 160 Å². The number of benzene rings is 3. The van der Waals surface area contributed by atoms with Crippen molar-refractivity contribution in [2.45, 2.75) is 6.17 Å². The lowest BCUT2D eigenvalue weighted by molar-refractivity contribution is 0.0691. The summed E-state index contributed by atoms with van der Waals surface area (Å²) in [4.78, 5) is 13.1. The van der Waals surface area contributed by atoms with Crippen molar-refractivity contribution in [1.82, 2.24) is 5.01 Å². The van der Waals surface area contributed by atoms with E-state index in [0.717, 1.165) is 21.3 Å². The maximum atomic E-state index is 13.1. The van der Waals surface area contributed by atoms with Crippen molar-refractivity contribution in [2.24, 2.45) is 5.10 Å². The number of carbonyl (C=O) groups excluding carboxylic acids is 1. The van der Waals surface area contributed by atoms with Gasteiger partial charge in [0.1, 0.15) is 0 Å². The van der Waals surface area contributed by atoms with E-state index in [2.05, 4.69) is 26.3 Å². The van der Waals surface area contributed by atoms with Gasteiger partial charge in [-0.1, -0.05) is 76.6 Å². The Morgan fingerprint density at radius 3 is 2.42 bits per heavy atom. The zero-order valence-electron chi connectivity index (χ0n) is 13.8. The van der Waals surface area contributed by atoms with Crippen molar-refractivity contribution in [2.75, 3.05) is 5.32 Å². The fourth-order valence-corrected chi connectivity index (χ4v) is 3.31. The molecule has 128 valence electrons. The number of halogens is 1. The Morgan fingerprint density at radius 2 is 1.62 bits per heavy atom. The molecule has 0 saturated heterocycles. The third-order valence-electron chi connectivity index (χ3n) is 4.24. The number of hydrogen-bond acceptors (Lipinski definition) is 3. The van der Waals surface area contributed by atoms with Gasteiger partial charge < -0.3 is 5.32 Å². The first kappa shape index (κ1) is 16.5. The SMILES string of the molecule is O=C1c2ccccc2NC(c2ccccc2)N1N=Cc1ccccc1Br. The average molecular weight is 406 g/mol. The second-order valence-corrected chi connectivity index (χ2v) is 6.77. The summed E-state index contributed by atoms with van der Waals surface area (Å²) >= 11 is 3.51. The molecule has 0 spiro atoms. The third kappa shape index (κ3) is 3.13. The summed E-state index contributed by atoms with van der Waals surface area (Å²) in [6.45, 7) is 0. The molecule has 0 aromatic heterocycles. The Kier molecular flexibility index (Phi) is 4.54. The molecule has 0 radical (unpaired) electrons. The molecule has 4 rings (SSSR count). The Balaban J connectivity index is 1.76. The van der Waals surface area contributed by atoms with Gasteiger partial charge in [0.2, 0.25) is 0 Å². The monoisotopic (exact) mass is 405 g/mol. The van der Waals surface area contributed by atoms with Gasteiger partial charge in [-0.3, -0.25) is 4.79 Å². The molecule has 0 saturated carbocycles. The highest BCUT2D eigenvalue weighted by atomic mass is 79.9. The van der Waals surface area contributed by atoms with E-state index < -0.39 is 0 Å². The summed E-state index contributed by atoms with van der Waals surface area (Å²) < 4.78 is 0.929. The maximum Gasteiger partial charge on any atom is 0.278 e. The van der Waals surface area contributed by atoms with Crippen molar-refractivity contribution in [3.05, 3.63) is 100 Å². The maximum absolute atomic E-state index is 13.1. The van der Waals surface area contributed by atoms with Gasteiger partial charge in [-0.2, -0.15) is 5.10 Å². The van der Waals surface area contributed by atoms with Crippen LogP contribution in [0.4, 0.5) is 5.69 Å². The van der Waals surface area contributed by atoms with Crippen LogP contribution in [-0.2, 0) is 0 Å². The Hall–Kier alpha value is -2.92. The normalized spacial score (nSPS) is 16.4. The number of fused-ring (bicyclic) bond motifs is 1. The third-order valence-corrected chi connectivity index (χ3v) is 4.97. The lowest BCUT2D eigenvalue weighted by Crippen LogP contribution is -2.39. The fourth-order valence-electron chi connectivity index (χ4n) is 2.93. The number of para-hydroxylation sites is 1. The van der Waals surface area contributed by atoms with Crippen LogP contribution in [-0.4, -0.2) is 17.1 Å². The number of carbonyl (C=O) groups is 1. The minimum atomic E-state index is -0.364. The van der Waals surface area contributed by atoms with E-state index in [9.17, 15) is 4.79 Å². The zero-order chi connectivity index (χ0) is 17.9. The predicted molar refractivity (Wildman–Crippen MR) is 107 cm³/mol. The number of rotatable bonds is 3. The molecule has 0 fully saturated rings. The number of hydrogen-bond donors (Lipinski definition) is 1. The molecule has 4 nitrogen and oxygen atoms in total. The van der Waals surface area contributed by atoms with Crippen LogP contribution in [0.2, 0.25) is 0 Å². The standard InChI is InChI=1S/C21H16BrN3O/c22-18-12-6-4-10-16(18)14-23-25-20(15-8-2-1-3-9-15)24-19-13-7-5-11-17(19)21(25)26/h1-14,20,24H. The number of nitrogens with zero attached hydrogens (tertiary/aromatic N) is 2. The predicted octanol–water partition coefficient (Wildman–Crippen LogP) is 5.05. The minimum absolute atomic E-state index is 0.128. The molecule has 0 bridgehead atoms. The van der Waals surface area contributed by atoms with E-state index in [1.54, 1.807) is 6.21 Å². The first-order valence-electron chi connectivity index (χ1n) is 8.26. The van der Waals surface area contributed by atoms with Gasteiger partial charge in [0.05, 0.1) is 11.8 Å². The number of amides is 1. The lowest BCUT2D eigenvalue weighted by Gasteiger charge is -2.34. The van der Waals surface area contributed by atoms with Gasteiger partial charge in [0.25, 0.3) is 5.91 Å². The molecule has 1 aliphatic heterocycles. The van der Waals surface area contributed by atoms with Gasteiger partial charge in [0, 0.05) is 15.7 Å². The van der Waals surface area contributed by atoms with Crippen LogP contribution in [0.15, 0.2) is 88.4 Å². The number of nitrogens with one attached hydrogen (secondary N) is 1. The van der Waals surface area contributed by atoms with E-state index in [1.807, 2.05) is 78.9 Å². The topological polar surface area (TPSA) is 44.7 Å². The largest absolute Gasteiger partial charge is 0.359 e. The van der Waals surface area contributed by atoms with Crippen molar-refractivity contribution in [3.8, 4) is 0 Å². The average Bonchev–Trinajstić information content (AvgIpc) is 2.69. The number of hydrazone groups is 1. The fraction of sp³-hybridized carbons (Fsp3) is 0.0476. The lowest BCUT2D eigenvalue weighted by atomic mass is 10.1. The van der Waals surface area contributed by atoms with Crippen LogP contribution in [0, 0.1) is 0 Å². The van der Waals surface area contributed by atoms with Crippen LogP contribution in [0.1, 0.15) is 27.7 Å². The molecule has 1 amide bonds. The van der Waals surface area contributed by atoms with Crippen molar-refractivity contribution < 1.29 is 4.79 Å². The van der Waals surface area contributed by atoms with Gasteiger partial charge in [-0.15, -0.1) is 0 Å². The molecule has 1 aliphatic rings. The van der Waals surface area contributed by atoms with Crippen molar-refractivity contribution in [3.63, 3.8) is 0 Å². The second-order valence-electron chi connectivity index (χ2n) is 5.92. The quantitative estimate of drug-likeness (QED) is 0.619. The van der Waals surface area contributed by atoms with Crippen molar-refractivity contribution in [1.29, 1.82) is 0 Å².